The predicted molar refractivity (Wildman–Crippen MR) is 102 cm³/mol. The number of carbonyl (C=O) groups is 1. The summed E-state index contributed by atoms with van der Waals surface area (Å²) in [7, 11) is 0. The van der Waals surface area contributed by atoms with Crippen molar-refractivity contribution in [3.8, 4) is 0 Å². The summed E-state index contributed by atoms with van der Waals surface area (Å²) in [6, 6.07) is 4.67. The summed E-state index contributed by atoms with van der Waals surface area (Å²) in [4.78, 5) is 13.8. The largest absolute Gasteiger partial charge is 0.369 e. The fourth-order valence-corrected chi connectivity index (χ4v) is 4.76. The Morgan fingerprint density at radius 3 is 2.63 bits per heavy atom. The van der Waals surface area contributed by atoms with Crippen molar-refractivity contribution in [2.45, 2.75) is 50.9 Å². The van der Waals surface area contributed by atoms with Gasteiger partial charge in [-0.2, -0.15) is 0 Å². The van der Waals surface area contributed by atoms with E-state index in [0.717, 1.165) is 75.2 Å². The van der Waals surface area contributed by atoms with Gasteiger partial charge in [-0.3, -0.25) is 4.79 Å². The van der Waals surface area contributed by atoms with Crippen LogP contribution in [0.5, 0.6) is 0 Å². The van der Waals surface area contributed by atoms with Gasteiger partial charge >= 0.3 is 0 Å². The fourth-order valence-electron chi connectivity index (χ4n) is 4.76. The van der Waals surface area contributed by atoms with Gasteiger partial charge in [-0.1, -0.05) is 5.16 Å². The second kappa shape index (κ2) is 7.97. The molecule has 0 bridgehead atoms. The van der Waals surface area contributed by atoms with E-state index in [0.29, 0.717) is 11.5 Å². The first kappa shape index (κ1) is 18.4. The van der Waals surface area contributed by atoms with Crippen molar-refractivity contribution in [2.24, 2.45) is 17.6 Å². The van der Waals surface area contributed by atoms with Gasteiger partial charge in [-0.15, -0.1) is 0 Å². The number of aromatic nitrogens is 1. The van der Waals surface area contributed by atoms with Crippen molar-refractivity contribution in [3.63, 3.8) is 0 Å². The van der Waals surface area contributed by atoms with Crippen LogP contribution in [-0.2, 0) is 4.79 Å². The number of nitrogens with two attached hydrogens (primary N) is 1. The van der Waals surface area contributed by atoms with E-state index >= 15 is 0 Å². The maximum absolute atomic E-state index is 13.3. The van der Waals surface area contributed by atoms with Gasteiger partial charge < -0.3 is 15.2 Å². The summed E-state index contributed by atoms with van der Waals surface area (Å²) in [5.74, 6) is 0.804. The molecule has 2 aliphatic rings. The topological polar surface area (TPSA) is 72.4 Å². The summed E-state index contributed by atoms with van der Waals surface area (Å²) >= 11 is 0. The van der Waals surface area contributed by atoms with Gasteiger partial charge in [0.05, 0.1) is 5.69 Å². The molecule has 0 unspecified atom stereocenters. The number of fused-ring (bicyclic) bond motifs is 1. The monoisotopic (exact) mass is 373 g/mol. The van der Waals surface area contributed by atoms with Crippen molar-refractivity contribution >= 4 is 16.9 Å². The van der Waals surface area contributed by atoms with Crippen LogP contribution < -0.4 is 5.73 Å². The molecule has 2 aromatic rings. The van der Waals surface area contributed by atoms with Gasteiger partial charge in [0.15, 0.2) is 5.58 Å². The lowest BCUT2D eigenvalue weighted by Gasteiger charge is -2.33. The molecule has 2 fully saturated rings. The van der Waals surface area contributed by atoms with Gasteiger partial charge in [-0.25, -0.2) is 4.39 Å². The number of piperidine rings is 1. The number of carbonyl (C=O) groups excluding carboxylic acids is 1. The van der Waals surface area contributed by atoms with Crippen LogP contribution in [0, 0.1) is 17.7 Å². The number of amides is 1. The molecule has 1 saturated carbocycles. The first-order valence-corrected chi connectivity index (χ1v) is 10.2. The van der Waals surface area contributed by atoms with E-state index in [2.05, 4.69) is 10.1 Å². The average Bonchev–Trinajstić information content (AvgIpc) is 3.10. The highest BCUT2D eigenvalue weighted by molar-refractivity contribution is 5.80. The number of hydrogen-bond acceptors (Lipinski definition) is 4. The first-order chi connectivity index (χ1) is 13.1. The van der Waals surface area contributed by atoms with Crippen molar-refractivity contribution in [1.29, 1.82) is 0 Å². The lowest BCUT2D eigenvalue weighted by atomic mass is 9.80. The molecule has 0 radical (unpaired) electrons. The zero-order valence-corrected chi connectivity index (χ0v) is 15.7. The van der Waals surface area contributed by atoms with E-state index < -0.39 is 0 Å². The number of likely N-dealkylation sites (tertiary alicyclic amines) is 1. The Hall–Kier alpha value is -1.95. The van der Waals surface area contributed by atoms with Crippen LogP contribution in [0.3, 0.4) is 0 Å². The lowest BCUT2D eigenvalue weighted by molar-refractivity contribution is -0.123. The summed E-state index contributed by atoms with van der Waals surface area (Å²) in [5, 5.41) is 5.17. The maximum Gasteiger partial charge on any atom is 0.220 e. The van der Waals surface area contributed by atoms with Crippen LogP contribution in [0.15, 0.2) is 22.7 Å². The van der Waals surface area contributed by atoms with E-state index in [4.69, 9.17) is 10.3 Å². The van der Waals surface area contributed by atoms with E-state index in [1.165, 1.54) is 18.6 Å². The Bertz CT molecular complexity index is 790. The van der Waals surface area contributed by atoms with Crippen LogP contribution >= 0.6 is 0 Å². The molecule has 146 valence electrons. The van der Waals surface area contributed by atoms with E-state index in [9.17, 15) is 9.18 Å². The predicted octanol–water partition coefficient (Wildman–Crippen LogP) is 3.83. The number of benzene rings is 1. The third kappa shape index (κ3) is 4.15. The molecule has 4 rings (SSSR count). The average molecular weight is 373 g/mol. The molecule has 2 heterocycles. The van der Waals surface area contributed by atoms with Crippen LogP contribution in [0.4, 0.5) is 4.39 Å². The van der Waals surface area contributed by atoms with Crippen LogP contribution in [-0.4, -0.2) is 35.6 Å². The molecule has 1 aliphatic heterocycles. The zero-order chi connectivity index (χ0) is 18.8. The number of rotatable bonds is 5. The van der Waals surface area contributed by atoms with E-state index in [-0.39, 0.29) is 17.6 Å². The Kier molecular flexibility index (Phi) is 5.43. The SMILES string of the molecule is NC(=O)[C@H]1CC[C@H](CCN2CCC(c3noc4cc(F)ccc34)CC2)CC1. The molecule has 1 saturated heterocycles. The second-order valence-corrected chi connectivity index (χ2v) is 8.23. The molecule has 1 aromatic carbocycles. The first-order valence-electron chi connectivity index (χ1n) is 10.2. The molecule has 27 heavy (non-hydrogen) atoms. The molecule has 0 atom stereocenters. The molecule has 1 aromatic heterocycles. The highest BCUT2D eigenvalue weighted by Crippen LogP contribution is 2.34. The number of hydrogen-bond donors (Lipinski definition) is 1. The summed E-state index contributed by atoms with van der Waals surface area (Å²) < 4.78 is 18.6. The number of nitrogens with zero attached hydrogens (tertiary/aromatic N) is 2. The molecular weight excluding hydrogens is 345 g/mol. The Labute approximate surface area is 159 Å². The molecule has 5 nitrogen and oxygen atoms in total. The van der Waals surface area contributed by atoms with Crippen LogP contribution in [0.1, 0.15) is 56.6 Å². The molecule has 1 amide bonds. The number of halogens is 1. The van der Waals surface area contributed by atoms with E-state index in [1.807, 2.05) is 0 Å². The van der Waals surface area contributed by atoms with Gasteiger partial charge in [0, 0.05) is 23.3 Å². The Morgan fingerprint density at radius 1 is 1.19 bits per heavy atom. The lowest BCUT2D eigenvalue weighted by Crippen LogP contribution is -2.35. The van der Waals surface area contributed by atoms with E-state index in [1.54, 1.807) is 6.07 Å². The number of primary amides is 1. The molecule has 6 heteroatoms. The zero-order valence-electron chi connectivity index (χ0n) is 15.7. The molecule has 2 N–H and O–H groups in total. The van der Waals surface area contributed by atoms with Crippen LogP contribution in [0.2, 0.25) is 0 Å². The highest BCUT2D eigenvalue weighted by Gasteiger charge is 2.27. The van der Waals surface area contributed by atoms with Gasteiger partial charge in [-0.05, 0) is 82.6 Å². The van der Waals surface area contributed by atoms with Crippen molar-refractivity contribution < 1.29 is 13.7 Å². The minimum atomic E-state index is -0.287. The molecule has 0 spiro atoms. The maximum atomic E-state index is 13.3. The van der Waals surface area contributed by atoms with Gasteiger partial charge in [0.2, 0.25) is 5.91 Å². The quantitative estimate of drug-likeness (QED) is 0.865. The standard InChI is InChI=1S/C21H28FN3O2/c22-17-5-6-18-19(13-17)27-24-20(18)15-8-11-25(12-9-15)10-7-14-1-3-16(4-2-14)21(23)26/h5-6,13-16H,1-4,7-12H2,(H2,23,26)/t14-,16-. The Morgan fingerprint density at radius 2 is 1.93 bits per heavy atom. The Balaban J connectivity index is 1.25. The minimum Gasteiger partial charge on any atom is -0.369 e. The minimum absolute atomic E-state index is 0.0998. The second-order valence-electron chi connectivity index (χ2n) is 8.23. The third-order valence-electron chi connectivity index (χ3n) is 6.54. The highest BCUT2D eigenvalue weighted by atomic mass is 19.1. The molecular formula is C21H28FN3O2. The van der Waals surface area contributed by atoms with Crippen molar-refractivity contribution in [2.75, 3.05) is 19.6 Å². The normalized spacial score (nSPS) is 25.1. The summed E-state index contributed by atoms with van der Waals surface area (Å²) in [5.41, 5.74) is 6.94. The van der Waals surface area contributed by atoms with Crippen LogP contribution in [0.25, 0.3) is 11.0 Å². The van der Waals surface area contributed by atoms with Gasteiger partial charge in [0.1, 0.15) is 5.82 Å². The van der Waals surface area contributed by atoms with Gasteiger partial charge in [0.25, 0.3) is 0 Å². The van der Waals surface area contributed by atoms with Crippen molar-refractivity contribution in [1.82, 2.24) is 10.1 Å². The fraction of sp³-hybridized carbons (Fsp3) is 0.619. The summed E-state index contributed by atoms with van der Waals surface area (Å²) in [6.07, 6.45) is 7.52. The third-order valence-corrected chi connectivity index (χ3v) is 6.54. The van der Waals surface area contributed by atoms with Crippen molar-refractivity contribution in [3.05, 3.63) is 29.7 Å². The summed E-state index contributed by atoms with van der Waals surface area (Å²) in [6.45, 7) is 3.26. The molecule has 1 aliphatic carbocycles. The smallest absolute Gasteiger partial charge is 0.220 e.